The largest absolute Gasteiger partial charge is 0.308 e. The maximum Gasteiger partial charge on any atom is 0.151 e. The van der Waals surface area contributed by atoms with Crippen LogP contribution < -0.4 is 11.3 Å². The Labute approximate surface area is 122 Å². The summed E-state index contributed by atoms with van der Waals surface area (Å²) in [5, 5.41) is 4.11. The van der Waals surface area contributed by atoms with Crippen molar-refractivity contribution in [2.24, 2.45) is 12.9 Å². The third-order valence-corrected chi connectivity index (χ3v) is 5.26. The molecule has 3 rings (SSSR count). The van der Waals surface area contributed by atoms with Gasteiger partial charge in [-0.25, -0.2) is 24.2 Å². The Morgan fingerprint density at radius 1 is 1.43 bits per heavy atom. The molecule has 0 amide bonds. The number of rotatable bonds is 3. The van der Waals surface area contributed by atoms with Gasteiger partial charge in [-0.15, -0.1) is 0 Å². The maximum absolute atomic E-state index is 11.6. The van der Waals surface area contributed by atoms with Gasteiger partial charge >= 0.3 is 0 Å². The van der Waals surface area contributed by atoms with Gasteiger partial charge in [0.05, 0.1) is 23.4 Å². The molecule has 0 spiro atoms. The van der Waals surface area contributed by atoms with E-state index in [4.69, 9.17) is 5.84 Å². The van der Waals surface area contributed by atoms with E-state index in [2.05, 4.69) is 20.5 Å². The first-order valence-electron chi connectivity index (χ1n) is 6.52. The minimum atomic E-state index is -2.98. The zero-order valence-electron chi connectivity index (χ0n) is 11.5. The highest BCUT2D eigenvalue weighted by atomic mass is 32.2. The molecular formula is C12H16N6O2S. The molecule has 0 aromatic carbocycles. The van der Waals surface area contributed by atoms with Crippen molar-refractivity contribution in [3.63, 3.8) is 0 Å². The molecular weight excluding hydrogens is 292 g/mol. The third kappa shape index (κ3) is 2.88. The second kappa shape index (κ2) is 5.08. The van der Waals surface area contributed by atoms with Crippen molar-refractivity contribution in [1.29, 1.82) is 0 Å². The molecule has 0 bridgehead atoms. The summed E-state index contributed by atoms with van der Waals surface area (Å²) in [6, 6.07) is 1.71. The van der Waals surface area contributed by atoms with E-state index in [0.29, 0.717) is 23.8 Å². The molecule has 3 heterocycles. The van der Waals surface area contributed by atoms with Gasteiger partial charge in [-0.3, -0.25) is 4.68 Å². The Bertz CT molecular complexity index is 770. The van der Waals surface area contributed by atoms with Crippen molar-refractivity contribution in [2.75, 3.05) is 16.9 Å². The second-order valence-corrected chi connectivity index (χ2v) is 7.37. The summed E-state index contributed by atoms with van der Waals surface area (Å²) < 4.78 is 24.9. The molecule has 9 heteroatoms. The molecule has 0 aliphatic carbocycles. The predicted octanol–water partition coefficient (Wildman–Crippen LogP) is 0.0648. The number of nitrogens with zero attached hydrogens (tertiary/aromatic N) is 4. The van der Waals surface area contributed by atoms with E-state index in [-0.39, 0.29) is 17.4 Å². The second-order valence-electron chi connectivity index (χ2n) is 5.14. The van der Waals surface area contributed by atoms with Crippen molar-refractivity contribution in [3.8, 4) is 11.3 Å². The van der Waals surface area contributed by atoms with Crippen LogP contribution in [0.2, 0.25) is 0 Å². The van der Waals surface area contributed by atoms with Gasteiger partial charge in [0.1, 0.15) is 11.6 Å². The van der Waals surface area contributed by atoms with E-state index in [1.54, 1.807) is 16.9 Å². The summed E-state index contributed by atoms with van der Waals surface area (Å²) in [7, 11) is -1.17. The Kier molecular flexibility index (Phi) is 3.38. The van der Waals surface area contributed by atoms with Crippen molar-refractivity contribution < 1.29 is 8.42 Å². The molecule has 8 nitrogen and oxygen atoms in total. The number of hydrogen-bond acceptors (Lipinski definition) is 7. The first-order chi connectivity index (χ1) is 9.97. The number of nitrogens with two attached hydrogens (primary N) is 1. The van der Waals surface area contributed by atoms with E-state index in [1.165, 1.54) is 0 Å². The van der Waals surface area contributed by atoms with Gasteiger partial charge in [-0.2, -0.15) is 5.10 Å². The SMILES string of the molecule is Cn1cc(-c2cc(NN)nc(C3CCS(=O)(=O)C3)n2)cn1. The van der Waals surface area contributed by atoms with Crippen LogP contribution in [0, 0.1) is 0 Å². The van der Waals surface area contributed by atoms with E-state index in [0.717, 1.165) is 5.56 Å². The van der Waals surface area contributed by atoms with Gasteiger partial charge < -0.3 is 5.43 Å². The Hall–Kier alpha value is -2.00. The number of sulfone groups is 1. The standard InChI is InChI=1S/C12H16N6O2S/c1-18-6-9(5-14-18)10-4-11(17-13)16-12(15-10)8-2-3-21(19,20)7-8/h4-6,8H,2-3,7,13H2,1H3,(H,15,16,17). The van der Waals surface area contributed by atoms with Crippen LogP contribution in [0.3, 0.4) is 0 Å². The predicted molar refractivity (Wildman–Crippen MR) is 78.1 cm³/mol. The third-order valence-electron chi connectivity index (χ3n) is 3.49. The number of anilines is 1. The van der Waals surface area contributed by atoms with Crippen LogP contribution in [-0.2, 0) is 16.9 Å². The highest BCUT2D eigenvalue weighted by Crippen LogP contribution is 2.29. The summed E-state index contributed by atoms with van der Waals surface area (Å²) >= 11 is 0. The Morgan fingerprint density at radius 2 is 2.24 bits per heavy atom. The molecule has 2 aromatic rings. The van der Waals surface area contributed by atoms with Crippen LogP contribution in [-0.4, -0.2) is 39.7 Å². The number of nitrogen functional groups attached to an aromatic ring is 1. The topological polar surface area (TPSA) is 116 Å². The fourth-order valence-electron chi connectivity index (χ4n) is 2.42. The molecule has 112 valence electrons. The van der Waals surface area contributed by atoms with Crippen molar-refractivity contribution in [2.45, 2.75) is 12.3 Å². The lowest BCUT2D eigenvalue weighted by Crippen LogP contribution is -2.13. The van der Waals surface area contributed by atoms with Crippen molar-refractivity contribution in [3.05, 3.63) is 24.3 Å². The molecule has 2 aromatic heterocycles. The molecule has 0 radical (unpaired) electrons. The highest BCUT2D eigenvalue weighted by Gasteiger charge is 2.31. The molecule has 1 aliphatic heterocycles. The molecule has 1 saturated heterocycles. The fourth-order valence-corrected chi connectivity index (χ4v) is 4.16. The zero-order valence-corrected chi connectivity index (χ0v) is 12.3. The average Bonchev–Trinajstić information content (AvgIpc) is 3.04. The quantitative estimate of drug-likeness (QED) is 0.608. The van der Waals surface area contributed by atoms with Crippen LogP contribution in [0.5, 0.6) is 0 Å². The zero-order chi connectivity index (χ0) is 15.0. The summed E-state index contributed by atoms with van der Waals surface area (Å²) in [5.74, 6) is 6.50. The molecule has 1 unspecified atom stereocenters. The average molecular weight is 308 g/mol. The summed E-state index contributed by atoms with van der Waals surface area (Å²) in [4.78, 5) is 8.78. The number of nitrogens with one attached hydrogen (secondary N) is 1. The summed E-state index contributed by atoms with van der Waals surface area (Å²) in [6.07, 6.45) is 4.07. The normalized spacial score (nSPS) is 20.6. The molecule has 1 atom stereocenters. The van der Waals surface area contributed by atoms with E-state index in [9.17, 15) is 8.42 Å². The number of hydrogen-bond donors (Lipinski definition) is 2. The maximum atomic E-state index is 11.6. The van der Waals surface area contributed by atoms with Crippen LogP contribution in [0.1, 0.15) is 18.2 Å². The molecule has 21 heavy (non-hydrogen) atoms. The van der Waals surface area contributed by atoms with Gasteiger partial charge in [0.15, 0.2) is 9.84 Å². The molecule has 3 N–H and O–H groups in total. The fraction of sp³-hybridized carbons (Fsp3) is 0.417. The summed E-state index contributed by atoms with van der Waals surface area (Å²) in [6.45, 7) is 0. The van der Waals surface area contributed by atoms with E-state index in [1.807, 2.05) is 13.2 Å². The van der Waals surface area contributed by atoms with Crippen molar-refractivity contribution >= 4 is 15.7 Å². The molecule has 1 fully saturated rings. The minimum Gasteiger partial charge on any atom is -0.308 e. The van der Waals surface area contributed by atoms with Crippen LogP contribution >= 0.6 is 0 Å². The molecule has 1 aliphatic rings. The van der Waals surface area contributed by atoms with Gasteiger partial charge in [0, 0.05) is 30.8 Å². The van der Waals surface area contributed by atoms with Crippen molar-refractivity contribution in [1.82, 2.24) is 19.7 Å². The van der Waals surface area contributed by atoms with Gasteiger partial charge in [0.25, 0.3) is 0 Å². The first kappa shape index (κ1) is 14.0. The lowest BCUT2D eigenvalue weighted by Gasteiger charge is -2.10. The Morgan fingerprint density at radius 3 is 2.81 bits per heavy atom. The van der Waals surface area contributed by atoms with Gasteiger partial charge in [0.2, 0.25) is 0 Å². The highest BCUT2D eigenvalue weighted by molar-refractivity contribution is 7.91. The van der Waals surface area contributed by atoms with Crippen LogP contribution in [0.4, 0.5) is 5.82 Å². The van der Waals surface area contributed by atoms with E-state index < -0.39 is 9.84 Å². The number of aromatic nitrogens is 4. The van der Waals surface area contributed by atoms with E-state index >= 15 is 0 Å². The first-order valence-corrected chi connectivity index (χ1v) is 8.34. The molecule has 0 saturated carbocycles. The van der Waals surface area contributed by atoms with Crippen LogP contribution in [0.25, 0.3) is 11.3 Å². The lowest BCUT2D eigenvalue weighted by molar-refractivity contribution is 0.601. The monoisotopic (exact) mass is 308 g/mol. The number of hydrazine groups is 1. The summed E-state index contributed by atoms with van der Waals surface area (Å²) in [5.41, 5.74) is 4.00. The van der Waals surface area contributed by atoms with Crippen LogP contribution in [0.15, 0.2) is 18.5 Å². The lowest BCUT2D eigenvalue weighted by atomic mass is 10.1. The van der Waals surface area contributed by atoms with Gasteiger partial charge in [-0.05, 0) is 6.42 Å². The smallest absolute Gasteiger partial charge is 0.151 e. The van der Waals surface area contributed by atoms with Gasteiger partial charge in [-0.1, -0.05) is 0 Å². The Balaban J connectivity index is 2.01. The minimum absolute atomic E-state index is 0.0908. The number of aryl methyl sites for hydroxylation is 1.